The van der Waals surface area contributed by atoms with Crippen molar-refractivity contribution in [3.8, 4) is 5.69 Å². The lowest BCUT2D eigenvalue weighted by Gasteiger charge is -2.37. The molecular formula is C27H25ClF4N6O2. The van der Waals surface area contributed by atoms with Crippen molar-refractivity contribution in [1.82, 2.24) is 30.7 Å². The predicted molar refractivity (Wildman–Crippen MR) is 141 cm³/mol. The number of nitrogens with zero attached hydrogens (tertiary/aromatic N) is 2. The maximum Gasteiger partial charge on any atom is 0.434 e. The normalized spacial score (nSPS) is 15.2. The van der Waals surface area contributed by atoms with Crippen LogP contribution in [0.1, 0.15) is 34.5 Å². The molecule has 4 N–H and O–H groups in total. The third-order valence-corrected chi connectivity index (χ3v) is 7.26. The highest BCUT2D eigenvalue weighted by atomic mass is 35.5. The van der Waals surface area contributed by atoms with E-state index < -0.39 is 34.8 Å². The largest absolute Gasteiger partial charge is 0.434 e. The quantitative estimate of drug-likeness (QED) is 0.245. The molecule has 0 bridgehead atoms. The van der Waals surface area contributed by atoms with Crippen molar-refractivity contribution in [2.45, 2.75) is 31.0 Å². The van der Waals surface area contributed by atoms with Gasteiger partial charge in [-0.3, -0.25) is 9.59 Å². The van der Waals surface area contributed by atoms with E-state index in [9.17, 15) is 27.2 Å². The van der Waals surface area contributed by atoms with Crippen molar-refractivity contribution in [3.05, 3.63) is 82.5 Å². The molecule has 2 aromatic carbocycles. The summed E-state index contributed by atoms with van der Waals surface area (Å²) in [5.41, 5.74) is -1.77. The van der Waals surface area contributed by atoms with Crippen LogP contribution in [0.15, 0.2) is 54.9 Å². The standard InChI is InChI=1S/C27H25ClF4N6O2/c28-17-1-4-19(5-2-17)38-23(27(30,31)32)21(15-36-38)24(39)37-26(8-11-33-12-9-26)25(40)34-10-7-16-14-35-22-6-3-18(29)13-20(16)22/h1-6,13-15,33,35H,7-12H2,(H,34,40)(H,37,39). The minimum Gasteiger partial charge on any atom is -0.361 e. The highest BCUT2D eigenvalue weighted by Gasteiger charge is 2.45. The van der Waals surface area contributed by atoms with E-state index in [1.54, 1.807) is 12.3 Å². The minimum absolute atomic E-state index is 0.0715. The van der Waals surface area contributed by atoms with Crippen LogP contribution in [-0.2, 0) is 17.4 Å². The lowest BCUT2D eigenvalue weighted by molar-refractivity contribution is -0.143. The number of amides is 2. The van der Waals surface area contributed by atoms with Crippen molar-refractivity contribution in [2.24, 2.45) is 0 Å². The number of hydrogen-bond acceptors (Lipinski definition) is 4. The summed E-state index contributed by atoms with van der Waals surface area (Å²) >= 11 is 5.86. The van der Waals surface area contributed by atoms with Gasteiger partial charge in [0.05, 0.1) is 17.4 Å². The Bertz CT molecular complexity index is 1540. The summed E-state index contributed by atoms with van der Waals surface area (Å²) in [5.74, 6) is -1.95. The Balaban J connectivity index is 1.35. The second kappa shape index (κ2) is 10.9. The molecule has 1 fully saturated rings. The fourth-order valence-corrected chi connectivity index (χ4v) is 5.08. The second-order valence-electron chi connectivity index (χ2n) is 9.59. The van der Waals surface area contributed by atoms with Gasteiger partial charge in [0, 0.05) is 28.7 Å². The number of H-pyrrole nitrogens is 1. The number of fused-ring (bicyclic) bond motifs is 1. The predicted octanol–water partition coefficient (Wildman–Crippen LogP) is 4.38. The van der Waals surface area contributed by atoms with Gasteiger partial charge in [0.15, 0.2) is 5.69 Å². The zero-order valence-electron chi connectivity index (χ0n) is 21.0. The highest BCUT2D eigenvalue weighted by molar-refractivity contribution is 6.30. The fraction of sp³-hybridized carbons (Fsp3) is 0.296. The molecule has 40 heavy (non-hydrogen) atoms. The Morgan fingerprint density at radius 2 is 1.82 bits per heavy atom. The molecule has 4 aromatic rings. The van der Waals surface area contributed by atoms with Crippen molar-refractivity contribution in [2.75, 3.05) is 19.6 Å². The number of benzene rings is 2. The zero-order valence-corrected chi connectivity index (χ0v) is 21.8. The number of piperidine rings is 1. The molecule has 3 heterocycles. The molecule has 0 radical (unpaired) electrons. The Kier molecular flexibility index (Phi) is 7.56. The molecular weight excluding hydrogens is 552 g/mol. The van der Waals surface area contributed by atoms with Crippen LogP contribution in [0, 0.1) is 5.82 Å². The first-order valence-corrected chi connectivity index (χ1v) is 12.9. The monoisotopic (exact) mass is 576 g/mol. The topological polar surface area (TPSA) is 104 Å². The summed E-state index contributed by atoms with van der Waals surface area (Å²) in [5, 5.41) is 13.3. The van der Waals surface area contributed by atoms with Crippen molar-refractivity contribution < 1.29 is 27.2 Å². The average Bonchev–Trinajstić information content (AvgIpc) is 3.54. The molecule has 1 saturated heterocycles. The molecule has 0 aliphatic carbocycles. The molecule has 2 aromatic heterocycles. The number of hydrogen-bond donors (Lipinski definition) is 4. The van der Waals surface area contributed by atoms with E-state index in [-0.39, 0.29) is 30.9 Å². The maximum absolute atomic E-state index is 14.2. The van der Waals surface area contributed by atoms with Crippen molar-refractivity contribution >= 4 is 34.3 Å². The van der Waals surface area contributed by atoms with Crippen LogP contribution in [0.4, 0.5) is 17.6 Å². The third kappa shape index (κ3) is 5.54. The van der Waals surface area contributed by atoms with Crippen molar-refractivity contribution in [3.63, 3.8) is 0 Å². The summed E-state index contributed by atoms with van der Waals surface area (Å²) in [6.45, 7) is 0.937. The number of halogens is 5. The number of rotatable bonds is 7. The van der Waals surface area contributed by atoms with Gasteiger partial charge in [-0.25, -0.2) is 9.07 Å². The molecule has 0 atom stereocenters. The summed E-state index contributed by atoms with van der Waals surface area (Å²) < 4.78 is 56.8. The molecule has 0 unspecified atom stereocenters. The Morgan fingerprint density at radius 1 is 1.10 bits per heavy atom. The van der Waals surface area contributed by atoms with E-state index >= 15 is 0 Å². The number of alkyl halides is 3. The van der Waals surface area contributed by atoms with Gasteiger partial charge in [0.25, 0.3) is 5.91 Å². The molecule has 210 valence electrons. The van der Waals surface area contributed by atoms with E-state index in [0.717, 1.165) is 17.3 Å². The van der Waals surface area contributed by atoms with Gasteiger partial charge < -0.3 is 20.9 Å². The molecule has 0 spiro atoms. The van der Waals surface area contributed by atoms with Gasteiger partial charge >= 0.3 is 6.18 Å². The lowest BCUT2D eigenvalue weighted by Crippen LogP contribution is -2.63. The van der Waals surface area contributed by atoms with Crippen LogP contribution in [-0.4, -0.2) is 51.8 Å². The first-order chi connectivity index (χ1) is 19.1. The molecule has 1 aliphatic heterocycles. The Hall–Kier alpha value is -3.90. The molecule has 0 saturated carbocycles. The summed E-state index contributed by atoms with van der Waals surface area (Å²) in [7, 11) is 0. The number of nitrogens with one attached hydrogen (secondary N) is 4. The number of aromatic amines is 1. The van der Waals surface area contributed by atoms with E-state index in [1.165, 1.54) is 36.4 Å². The van der Waals surface area contributed by atoms with Gasteiger partial charge in [-0.1, -0.05) is 11.6 Å². The van der Waals surface area contributed by atoms with E-state index in [4.69, 9.17) is 11.6 Å². The van der Waals surface area contributed by atoms with Gasteiger partial charge in [-0.2, -0.15) is 18.3 Å². The number of carbonyl (C=O) groups is 2. The van der Waals surface area contributed by atoms with E-state index in [0.29, 0.717) is 34.6 Å². The van der Waals surface area contributed by atoms with Gasteiger partial charge in [-0.15, -0.1) is 0 Å². The molecule has 1 aliphatic rings. The van der Waals surface area contributed by atoms with Crippen LogP contribution in [0.2, 0.25) is 5.02 Å². The van der Waals surface area contributed by atoms with Gasteiger partial charge in [0.2, 0.25) is 5.91 Å². The summed E-state index contributed by atoms with van der Waals surface area (Å²) in [6, 6.07) is 9.92. The minimum atomic E-state index is -4.91. The van der Waals surface area contributed by atoms with Crippen molar-refractivity contribution in [1.29, 1.82) is 0 Å². The molecule has 8 nitrogen and oxygen atoms in total. The SMILES string of the molecule is O=C(NC1(C(=O)NCCc2c[nH]c3ccc(F)cc23)CCNCC1)c1cnn(-c2ccc(Cl)cc2)c1C(F)(F)F. The molecule has 5 rings (SSSR count). The van der Waals surface area contributed by atoms with Crippen LogP contribution < -0.4 is 16.0 Å². The maximum atomic E-state index is 14.2. The van der Waals surface area contributed by atoms with Crippen LogP contribution in [0.3, 0.4) is 0 Å². The van der Waals surface area contributed by atoms with Crippen LogP contribution in [0.25, 0.3) is 16.6 Å². The molecule has 13 heteroatoms. The Morgan fingerprint density at radius 3 is 2.52 bits per heavy atom. The zero-order chi connectivity index (χ0) is 28.5. The van der Waals surface area contributed by atoms with Crippen LogP contribution >= 0.6 is 11.6 Å². The Labute approximate surface area is 231 Å². The van der Waals surface area contributed by atoms with E-state index in [1.807, 2.05) is 0 Å². The van der Waals surface area contributed by atoms with E-state index in [2.05, 4.69) is 26.0 Å². The van der Waals surface area contributed by atoms with Crippen LogP contribution in [0.5, 0.6) is 0 Å². The number of carbonyl (C=O) groups excluding carboxylic acids is 2. The highest BCUT2D eigenvalue weighted by Crippen LogP contribution is 2.34. The first-order valence-electron chi connectivity index (χ1n) is 12.6. The summed E-state index contributed by atoms with van der Waals surface area (Å²) in [4.78, 5) is 29.8. The second-order valence-corrected chi connectivity index (χ2v) is 10.0. The van der Waals surface area contributed by atoms with Gasteiger partial charge in [-0.05, 0) is 80.4 Å². The summed E-state index contributed by atoms with van der Waals surface area (Å²) in [6.07, 6.45) is -1.61. The fourth-order valence-electron chi connectivity index (χ4n) is 4.95. The first kappa shape index (κ1) is 27.7. The van der Waals surface area contributed by atoms with Gasteiger partial charge in [0.1, 0.15) is 11.4 Å². The third-order valence-electron chi connectivity index (χ3n) is 7.01. The average molecular weight is 577 g/mol. The lowest BCUT2D eigenvalue weighted by atomic mass is 9.86. The smallest absolute Gasteiger partial charge is 0.361 e. The molecule has 2 amide bonds. The number of aromatic nitrogens is 3.